The number of nitrogens with one attached hydrogen (secondary N) is 1. The monoisotopic (exact) mass is 362 g/mol. The summed E-state index contributed by atoms with van der Waals surface area (Å²) in [7, 11) is 0. The summed E-state index contributed by atoms with van der Waals surface area (Å²) in [4.78, 5) is 12.7. The van der Waals surface area contributed by atoms with E-state index in [4.69, 9.17) is 18.0 Å². The molecule has 1 amide bonds. The summed E-state index contributed by atoms with van der Waals surface area (Å²) in [6.07, 6.45) is 0. The fourth-order valence-electron chi connectivity index (χ4n) is 2.03. The normalized spacial score (nSPS) is 10.2. The van der Waals surface area contributed by atoms with Gasteiger partial charge in [0.15, 0.2) is 0 Å². The predicted octanol–water partition coefficient (Wildman–Crippen LogP) is 3.95. The standard InChI is InChI=1S/C16H15BrN2OS/c1-9-3-5-12(10(2)7-9)16(20)19-14-6-4-11(15(18)21)8-13(14)17/h3-8H,1-2H3,(H2,18,21)(H,19,20). The zero-order chi connectivity index (χ0) is 15.6. The number of thiocarbonyl (C=S) groups is 1. The van der Waals surface area contributed by atoms with Gasteiger partial charge in [-0.2, -0.15) is 0 Å². The van der Waals surface area contributed by atoms with Gasteiger partial charge in [0.25, 0.3) is 5.91 Å². The minimum absolute atomic E-state index is 0.142. The van der Waals surface area contributed by atoms with Crippen molar-refractivity contribution < 1.29 is 4.79 Å². The number of hydrogen-bond acceptors (Lipinski definition) is 2. The molecular formula is C16H15BrN2OS. The molecular weight excluding hydrogens is 348 g/mol. The summed E-state index contributed by atoms with van der Waals surface area (Å²) >= 11 is 8.34. The van der Waals surface area contributed by atoms with E-state index in [0.717, 1.165) is 21.2 Å². The van der Waals surface area contributed by atoms with Gasteiger partial charge < -0.3 is 11.1 Å². The average Bonchev–Trinajstić information content (AvgIpc) is 2.40. The molecule has 0 spiro atoms. The third kappa shape index (κ3) is 3.68. The molecule has 0 aliphatic rings. The van der Waals surface area contributed by atoms with Gasteiger partial charge in [0.05, 0.1) is 5.69 Å². The summed E-state index contributed by atoms with van der Waals surface area (Å²) in [6.45, 7) is 3.92. The summed E-state index contributed by atoms with van der Waals surface area (Å²) in [5.74, 6) is -0.142. The number of carbonyl (C=O) groups excluding carboxylic acids is 1. The van der Waals surface area contributed by atoms with Gasteiger partial charge in [-0.1, -0.05) is 29.9 Å². The zero-order valence-electron chi connectivity index (χ0n) is 11.7. The molecule has 0 unspecified atom stereocenters. The zero-order valence-corrected chi connectivity index (χ0v) is 14.1. The van der Waals surface area contributed by atoms with E-state index in [0.29, 0.717) is 16.2 Å². The molecule has 2 aromatic carbocycles. The second-order valence-corrected chi connectivity index (χ2v) is 6.13. The van der Waals surface area contributed by atoms with Crippen LogP contribution in [0.15, 0.2) is 40.9 Å². The van der Waals surface area contributed by atoms with Gasteiger partial charge in [-0.3, -0.25) is 4.79 Å². The number of halogens is 1. The van der Waals surface area contributed by atoms with Gasteiger partial charge in [0, 0.05) is 15.6 Å². The van der Waals surface area contributed by atoms with Gasteiger partial charge in [-0.25, -0.2) is 0 Å². The first-order valence-corrected chi connectivity index (χ1v) is 7.56. The summed E-state index contributed by atoms with van der Waals surface area (Å²) in [5.41, 5.74) is 9.75. The first-order valence-electron chi connectivity index (χ1n) is 6.36. The highest BCUT2D eigenvalue weighted by Crippen LogP contribution is 2.24. The van der Waals surface area contributed by atoms with Crippen molar-refractivity contribution in [2.75, 3.05) is 5.32 Å². The summed E-state index contributed by atoms with van der Waals surface area (Å²) in [5, 5.41) is 2.88. The minimum atomic E-state index is -0.142. The van der Waals surface area contributed by atoms with E-state index >= 15 is 0 Å². The quantitative estimate of drug-likeness (QED) is 0.812. The summed E-state index contributed by atoms with van der Waals surface area (Å²) < 4.78 is 0.742. The van der Waals surface area contributed by atoms with Crippen LogP contribution in [0.5, 0.6) is 0 Å². The topological polar surface area (TPSA) is 55.1 Å². The fraction of sp³-hybridized carbons (Fsp3) is 0.125. The van der Waals surface area contributed by atoms with Crippen LogP contribution in [0.25, 0.3) is 0 Å². The van der Waals surface area contributed by atoms with Crippen LogP contribution >= 0.6 is 28.1 Å². The third-order valence-corrected chi connectivity index (χ3v) is 4.02. The van der Waals surface area contributed by atoms with Crippen LogP contribution in [0.1, 0.15) is 27.0 Å². The smallest absolute Gasteiger partial charge is 0.255 e. The van der Waals surface area contributed by atoms with Crippen molar-refractivity contribution in [2.45, 2.75) is 13.8 Å². The summed E-state index contributed by atoms with van der Waals surface area (Å²) in [6, 6.07) is 11.1. The molecule has 5 heteroatoms. The Morgan fingerprint density at radius 1 is 1.19 bits per heavy atom. The molecule has 0 bridgehead atoms. The van der Waals surface area contributed by atoms with Crippen LogP contribution in [0.4, 0.5) is 5.69 Å². The van der Waals surface area contributed by atoms with Crippen LogP contribution in [-0.2, 0) is 0 Å². The Morgan fingerprint density at radius 3 is 2.48 bits per heavy atom. The number of nitrogens with two attached hydrogens (primary N) is 1. The highest BCUT2D eigenvalue weighted by molar-refractivity contribution is 9.10. The van der Waals surface area contributed by atoms with Crippen LogP contribution in [0.2, 0.25) is 0 Å². The molecule has 0 fully saturated rings. The van der Waals surface area contributed by atoms with Crippen molar-refractivity contribution in [3.8, 4) is 0 Å². The molecule has 0 aliphatic heterocycles. The molecule has 0 aliphatic carbocycles. The van der Waals surface area contributed by atoms with E-state index < -0.39 is 0 Å². The van der Waals surface area contributed by atoms with Gasteiger partial charge >= 0.3 is 0 Å². The minimum Gasteiger partial charge on any atom is -0.389 e. The predicted molar refractivity (Wildman–Crippen MR) is 93.9 cm³/mol. The van der Waals surface area contributed by atoms with Crippen molar-refractivity contribution in [1.82, 2.24) is 0 Å². The van der Waals surface area contributed by atoms with Crippen molar-refractivity contribution in [2.24, 2.45) is 5.73 Å². The van der Waals surface area contributed by atoms with E-state index in [9.17, 15) is 4.79 Å². The van der Waals surface area contributed by atoms with Crippen LogP contribution < -0.4 is 11.1 Å². The Kier molecular flexibility index (Phi) is 4.75. The lowest BCUT2D eigenvalue weighted by Gasteiger charge is -2.11. The van der Waals surface area contributed by atoms with Crippen molar-refractivity contribution in [1.29, 1.82) is 0 Å². The third-order valence-electron chi connectivity index (χ3n) is 3.13. The van der Waals surface area contributed by atoms with E-state index in [1.54, 1.807) is 18.2 Å². The molecule has 3 N–H and O–H groups in total. The maximum Gasteiger partial charge on any atom is 0.255 e. The molecule has 21 heavy (non-hydrogen) atoms. The van der Waals surface area contributed by atoms with Crippen LogP contribution in [0, 0.1) is 13.8 Å². The molecule has 0 heterocycles. The van der Waals surface area contributed by atoms with Gasteiger partial charge in [0.1, 0.15) is 4.99 Å². The SMILES string of the molecule is Cc1ccc(C(=O)Nc2ccc(C(N)=S)cc2Br)c(C)c1. The van der Waals surface area contributed by atoms with Crippen molar-refractivity contribution in [3.63, 3.8) is 0 Å². The highest BCUT2D eigenvalue weighted by atomic mass is 79.9. The Morgan fingerprint density at radius 2 is 1.90 bits per heavy atom. The molecule has 0 saturated carbocycles. The molecule has 0 radical (unpaired) electrons. The number of aryl methyl sites for hydroxylation is 2. The van der Waals surface area contributed by atoms with Gasteiger partial charge in [0.2, 0.25) is 0 Å². The molecule has 2 rings (SSSR count). The number of carbonyl (C=O) groups is 1. The Labute approximate surface area is 137 Å². The second-order valence-electron chi connectivity index (χ2n) is 4.83. The lowest BCUT2D eigenvalue weighted by atomic mass is 10.1. The van der Waals surface area contributed by atoms with E-state index in [1.165, 1.54) is 0 Å². The molecule has 3 nitrogen and oxygen atoms in total. The Hall–Kier alpha value is -1.72. The van der Waals surface area contributed by atoms with Crippen molar-refractivity contribution in [3.05, 3.63) is 63.1 Å². The fourth-order valence-corrected chi connectivity index (χ4v) is 2.63. The van der Waals surface area contributed by atoms with Gasteiger partial charge in [-0.05, 0) is 59.6 Å². The van der Waals surface area contributed by atoms with E-state index in [-0.39, 0.29) is 5.91 Å². The Balaban J connectivity index is 2.25. The lowest BCUT2D eigenvalue weighted by molar-refractivity contribution is 0.102. The molecule has 108 valence electrons. The molecule has 0 aromatic heterocycles. The molecule has 0 atom stereocenters. The maximum absolute atomic E-state index is 12.3. The second kappa shape index (κ2) is 6.37. The number of amides is 1. The number of anilines is 1. The van der Waals surface area contributed by atoms with E-state index in [1.807, 2.05) is 32.0 Å². The van der Waals surface area contributed by atoms with E-state index in [2.05, 4.69) is 21.2 Å². The lowest BCUT2D eigenvalue weighted by Crippen LogP contribution is -2.14. The van der Waals surface area contributed by atoms with Gasteiger partial charge in [-0.15, -0.1) is 0 Å². The maximum atomic E-state index is 12.3. The molecule has 2 aromatic rings. The van der Waals surface area contributed by atoms with Crippen molar-refractivity contribution >= 4 is 44.7 Å². The Bertz CT molecular complexity index is 728. The first-order chi connectivity index (χ1) is 9.88. The highest BCUT2D eigenvalue weighted by Gasteiger charge is 2.11. The van der Waals surface area contributed by atoms with Crippen LogP contribution in [0.3, 0.4) is 0 Å². The largest absolute Gasteiger partial charge is 0.389 e. The first kappa shape index (κ1) is 15.7. The number of hydrogen-bond donors (Lipinski definition) is 2. The number of rotatable bonds is 3. The average molecular weight is 363 g/mol. The molecule has 0 saturated heterocycles. The number of benzene rings is 2. The van der Waals surface area contributed by atoms with Crippen LogP contribution in [-0.4, -0.2) is 10.9 Å².